The van der Waals surface area contributed by atoms with E-state index in [1.807, 2.05) is 13.8 Å². The van der Waals surface area contributed by atoms with Gasteiger partial charge in [0.05, 0.1) is 0 Å². The van der Waals surface area contributed by atoms with Gasteiger partial charge in [-0.05, 0) is 57.7 Å². The molecule has 21 heavy (non-hydrogen) atoms. The van der Waals surface area contributed by atoms with E-state index in [2.05, 4.69) is 22.5 Å². The fourth-order valence-corrected chi connectivity index (χ4v) is 3.09. The van der Waals surface area contributed by atoms with Crippen LogP contribution in [0.1, 0.15) is 58.8 Å². The molecule has 0 atom stereocenters. The Bertz CT molecular complexity index is 554. The Morgan fingerprint density at radius 3 is 2.38 bits per heavy atom. The minimum atomic E-state index is -0.122. The van der Waals surface area contributed by atoms with E-state index in [1.165, 1.54) is 6.92 Å². The van der Waals surface area contributed by atoms with Gasteiger partial charge >= 0.3 is 0 Å². The van der Waals surface area contributed by atoms with E-state index in [0.29, 0.717) is 17.8 Å². The Morgan fingerprint density at radius 2 is 1.86 bits per heavy atom. The molecule has 0 radical (unpaired) electrons. The number of nitrogens with one attached hydrogen (secondary N) is 3. The van der Waals surface area contributed by atoms with Crippen LogP contribution in [0.25, 0.3) is 0 Å². The fourth-order valence-electron chi connectivity index (χ4n) is 3.09. The maximum atomic E-state index is 12.4. The Labute approximate surface area is 125 Å². The molecule has 1 amide bonds. The van der Waals surface area contributed by atoms with Crippen molar-refractivity contribution in [3.05, 3.63) is 22.5 Å². The van der Waals surface area contributed by atoms with Crippen molar-refractivity contribution < 1.29 is 9.59 Å². The average Bonchev–Trinajstić information content (AvgIpc) is 2.72. The molecule has 1 aromatic rings. The number of aromatic nitrogens is 1. The summed E-state index contributed by atoms with van der Waals surface area (Å²) in [7, 11) is 0. The van der Waals surface area contributed by atoms with Crippen LogP contribution in [-0.4, -0.2) is 36.3 Å². The molecule has 1 saturated heterocycles. The predicted octanol–water partition coefficient (Wildman–Crippen LogP) is 1.95. The summed E-state index contributed by atoms with van der Waals surface area (Å²) in [6, 6.07) is 0. The lowest BCUT2D eigenvalue weighted by Gasteiger charge is -2.34. The van der Waals surface area contributed by atoms with Crippen molar-refractivity contribution in [2.24, 2.45) is 5.41 Å². The molecule has 116 valence electrons. The molecule has 5 heteroatoms. The number of carbonyl (C=O) groups excluding carboxylic acids is 2. The first-order valence-corrected chi connectivity index (χ1v) is 7.53. The van der Waals surface area contributed by atoms with Gasteiger partial charge in [0.15, 0.2) is 5.78 Å². The van der Waals surface area contributed by atoms with E-state index in [1.54, 1.807) is 0 Å². The van der Waals surface area contributed by atoms with Gasteiger partial charge in [-0.15, -0.1) is 0 Å². The second kappa shape index (κ2) is 6.02. The number of rotatable bonds is 4. The largest absolute Gasteiger partial charge is 0.354 e. The van der Waals surface area contributed by atoms with E-state index in [-0.39, 0.29) is 17.1 Å². The molecule has 1 aliphatic rings. The molecule has 1 aliphatic heterocycles. The summed E-state index contributed by atoms with van der Waals surface area (Å²) >= 11 is 0. The Balaban J connectivity index is 2.07. The van der Waals surface area contributed by atoms with Crippen LogP contribution >= 0.6 is 0 Å². The molecule has 2 heterocycles. The summed E-state index contributed by atoms with van der Waals surface area (Å²) in [5.74, 6) is -0.131. The van der Waals surface area contributed by atoms with Crippen molar-refractivity contribution in [2.75, 3.05) is 19.6 Å². The van der Waals surface area contributed by atoms with Crippen LogP contribution in [0.5, 0.6) is 0 Å². The lowest BCUT2D eigenvalue weighted by atomic mass is 9.81. The van der Waals surface area contributed by atoms with Gasteiger partial charge in [0.25, 0.3) is 5.91 Å². The topological polar surface area (TPSA) is 74.0 Å². The number of hydrogen-bond donors (Lipinski definition) is 3. The van der Waals surface area contributed by atoms with E-state index >= 15 is 0 Å². The smallest absolute Gasteiger partial charge is 0.268 e. The molecule has 1 fully saturated rings. The van der Waals surface area contributed by atoms with Crippen molar-refractivity contribution in [1.82, 2.24) is 15.6 Å². The highest BCUT2D eigenvalue weighted by Crippen LogP contribution is 2.27. The second-order valence-corrected chi connectivity index (χ2v) is 6.42. The summed E-state index contributed by atoms with van der Waals surface area (Å²) in [6.07, 6.45) is 2.13. The van der Waals surface area contributed by atoms with E-state index in [0.717, 1.165) is 37.2 Å². The molecule has 0 saturated carbocycles. The third-order valence-electron chi connectivity index (χ3n) is 4.50. The van der Waals surface area contributed by atoms with Crippen molar-refractivity contribution >= 4 is 11.7 Å². The van der Waals surface area contributed by atoms with Crippen LogP contribution < -0.4 is 10.6 Å². The van der Waals surface area contributed by atoms with Gasteiger partial charge in [-0.2, -0.15) is 0 Å². The van der Waals surface area contributed by atoms with Gasteiger partial charge < -0.3 is 15.6 Å². The van der Waals surface area contributed by atoms with E-state index in [9.17, 15) is 9.59 Å². The maximum absolute atomic E-state index is 12.4. The quantitative estimate of drug-likeness (QED) is 0.742. The summed E-state index contributed by atoms with van der Waals surface area (Å²) in [4.78, 5) is 27.0. The highest BCUT2D eigenvalue weighted by molar-refractivity contribution is 6.02. The van der Waals surface area contributed by atoms with Gasteiger partial charge in [0.2, 0.25) is 0 Å². The molecule has 3 N–H and O–H groups in total. The van der Waals surface area contributed by atoms with Crippen LogP contribution in [-0.2, 0) is 0 Å². The zero-order valence-corrected chi connectivity index (χ0v) is 13.4. The van der Waals surface area contributed by atoms with Crippen LogP contribution in [0.15, 0.2) is 0 Å². The third kappa shape index (κ3) is 3.35. The van der Waals surface area contributed by atoms with Crippen LogP contribution in [0.3, 0.4) is 0 Å². The first-order chi connectivity index (χ1) is 9.84. The normalized spacial score (nSPS) is 17.5. The SMILES string of the molecule is CC(=O)c1c(C)[nH]c(C(=O)NCC2(C)CCNCC2)c1C. The number of hydrogen-bond acceptors (Lipinski definition) is 3. The summed E-state index contributed by atoms with van der Waals surface area (Å²) in [5.41, 5.74) is 2.80. The predicted molar refractivity (Wildman–Crippen MR) is 82.8 cm³/mol. The molecule has 0 unspecified atom stereocenters. The van der Waals surface area contributed by atoms with Gasteiger partial charge in [-0.25, -0.2) is 0 Å². The number of carbonyl (C=O) groups is 2. The average molecular weight is 291 g/mol. The minimum absolute atomic E-state index is 0.00869. The summed E-state index contributed by atoms with van der Waals surface area (Å²) in [6.45, 7) is 10.1. The van der Waals surface area contributed by atoms with Crippen molar-refractivity contribution in [1.29, 1.82) is 0 Å². The molecule has 0 spiro atoms. The number of aryl methyl sites for hydroxylation is 1. The lowest BCUT2D eigenvalue weighted by Crippen LogP contribution is -2.43. The number of H-pyrrole nitrogens is 1. The lowest BCUT2D eigenvalue weighted by molar-refractivity contribution is 0.0917. The third-order valence-corrected chi connectivity index (χ3v) is 4.50. The van der Waals surface area contributed by atoms with Crippen LogP contribution in [0, 0.1) is 19.3 Å². The Hall–Kier alpha value is -1.62. The number of Topliss-reactive ketones (excluding diaryl/α,β-unsaturated/α-hetero) is 1. The van der Waals surface area contributed by atoms with Gasteiger partial charge in [-0.3, -0.25) is 9.59 Å². The fraction of sp³-hybridized carbons (Fsp3) is 0.625. The molecular weight excluding hydrogens is 266 g/mol. The number of ketones is 1. The number of piperidine rings is 1. The molecule has 1 aromatic heterocycles. The minimum Gasteiger partial charge on any atom is -0.354 e. The van der Waals surface area contributed by atoms with E-state index in [4.69, 9.17) is 0 Å². The zero-order chi connectivity index (χ0) is 15.6. The Kier molecular flexibility index (Phi) is 4.52. The zero-order valence-electron chi connectivity index (χ0n) is 13.4. The maximum Gasteiger partial charge on any atom is 0.268 e. The molecule has 2 rings (SSSR count). The summed E-state index contributed by atoms with van der Waals surface area (Å²) < 4.78 is 0. The van der Waals surface area contributed by atoms with Crippen LogP contribution in [0.2, 0.25) is 0 Å². The van der Waals surface area contributed by atoms with Crippen molar-refractivity contribution in [3.8, 4) is 0 Å². The Morgan fingerprint density at radius 1 is 1.24 bits per heavy atom. The first kappa shape index (κ1) is 15.8. The van der Waals surface area contributed by atoms with Gasteiger partial charge in [0, 0.05) is 17.8 Å². The summed E-state index contributed by atoms with van der Waals surface area (Å²) in [5, 5.41) is 6.36. The molecule has 5 nitrogen and oxygen atoms in total. The first-order valence-electron chi connectivity index (χ1n) is 7.53. The number of amides is 1. The van der Waals surface area contributed by atoms with E-state index < -0.39 is 0 Å². The van der Waals surface area contributed by atoms with Gasteiger partial charge in [0.1, 0.15) is 5.69 Å². The second-order valence-electron chi connectivity index (χ2n) is 6.42. The van der Waals surface area contributed by atoms with Crippen LogP contribution in [0.4, 0.5) is 0 Å². The molecule has 0 bridgehead atoms. The molecule has 0 aliphatic carbocycles. The highest BCUT2D eigenvalue weighted by Gasteiger charge is 2.28. The molecule has 0 aromatic carbocycles. The van der Waals surface area contributed by atoms with Crippen molar-refractivity contribution in [2.45, 2.75) is 40.5 Å². The highest BCUT2D eigenvalue weighted by atomic mass is 16.2. The standard InChI is InChI=1S/C16H25N3O2/c1-10-13(12(3)20)11(2)19-14(10)15(21)18-9-16(4)5-7-17-8-6-16/h17,19H,5-9H2,1-4H3,(H,18,21). The molecular formula is C16H25N3O2. The monoisotopic (exact) mass is 291 g/mol. The number of aromatic amines is 1. The van der Waals surface area contributed by atoms with Crippen molar-refractivity contribution in [3.63, 3.8) is 0 Å². The van der Waals surface area contributed by atoms with Gasteiger partial charge in [-0.1, -0.05) is 6.92 Å².